The Morgan fingerprint density at radius 3 is 2.81 bits per heavy atom. The number of halogens is 1. The van der Waals surface area contributed by atoms with E-state index in [-0.39, 0.29) is 22.7 Å². The van der Waals surface area contributed by atoms with Crippen LogP contribution in [0, 0.1) is 11.8 Å². The Hall–Kier alpha value is -1.99. The fourth-order valence-electron chi connectivity index (χ4n) is 1.09. The zero-order valence-electron chi connectivity index (χ0n) is 8.16. The molecule has 4 nitrogen and oxygen atoms in total. The summed E-state index contributed by atoms with van der Waals surface area (Å²) >= 11 is 5.72. The summed E-state index contributed by atoms with van der Waals surface area (Å²) in [7, 11) is 0. The lowest BCUT2D eigenvalue weighted by atomic mass is 10.1. The first-order chi connectivity index (χ1) is 7.56. The first-order valence-electron chi connectivity index (χ1n) is 4.31. The van der Waals surface area contributed by atoms with Crippen molar-refractivity contribution >= 4 is 29.5 Å². The van der Waals surface area contributed by atoms with Crippen LogP contribution in [-0.4, -0.2) is 17.4 Å². The number of rotatable bonds is 2. The molecule has 0 spiro atoms. The average Bonchev–Trinajstić information content (AvgIpc) is 2.22. The number of nitrogens with two attached hydrogens (primary N) is 1. The first kappa shape index (κ1) is 12.1. The lowest BCUT2D eigenvalue weighted by Crippen LogP contribution is -2.04. The molecule has 1 aromatic rings. The Balaban J connectivity index is 3.25. The molecule has 0 aromatic heterocycles. The van der Waals surface area contributed by atoms with Crippen LogP contribution in [0.4, 0.5) is 5.69 Å². The van der Waals surface area contributed by atoms with Crippen molar-refractivity contribution in [3.8, 4) is 11.8 Å². The van der Waals surface area contributed by atoms with Gasteiger partial charge in [-0.3, -0.25) is 0 Å². The predicted octanol–water partition coefficient (Wildman–Crippen LogP) is 1.56. The number of aldehydes is 1. The molecule has 3 N–H and O–H groups in total. The highest BCUT2D eigenvalue weighted by Gasteiger charge is 2.11. The van der Waals surface area contributed by atoms with Gasteiger partial charge in [-0.25, -0.2) is 4.79 Å². The minimum Gasteiger partial charge on any atom is -0.478 e. The van der Waals surface area contributed by atoms with E-state index in [1.54, 1.807) is 0 Å². The smallest absolute Gasteiger partial charge is 0.337 e. The van der Waals surface area contributed by atoms with Crippen molar-refractivity contribution in [1.82, 2.24) is 0 Å². The molecule has 0 aliphatic carbocycles. The van der Waals surface area contributed by atoms with Gasteiger partial charge >= 0.3 is 5.97 Å². The molecule has 16 heavy (non-hydrogen) atoms. The normalized spacial score (nSPS) is 9.06. The van der Waals surface area contributed by atoms with Crippen LogP contribution in [0.2, 0.25) is 5.02 Å². The summed E-state index contributed by atoms with van der Waals surface area (Å²) in [5, 5.41) is 9.08. The number of benzene rings is 1. The van der Waals surface area contributed by atoms with Crippen molar-refractivity contribution < 1.29 is 14.7 Å². The molecule has 0 heterocycles. The number of carbonyl (C=O) groups excluding carboxylic acids is 1. The lowest BCUT2D eigenvalue weighted by molar-refractivity contribution is -0.107. The van der Waals surface area contributed by atoms with E-state index >= 15 is 0 Å². The number of carboxylic acids is 1. The van der Waals surface area contributed by atoms with Crippen LogP contribution in [0.15, 0.2) is 12.1 Å². The van der Waals surface area contributed by atoms with E-state index in [1.165, 1.54) is 12.1 Å². The van der Waals surface area contributed by atoms with Crippen LogP contribution in [0.1, 0.15) is 22.3 Å². The van der Waals surface area contributed by atoms with Gasteiger partial charge in [0.15, 0.2) is 0 Å². The number of nitrogen functional groups attached to an aromatic ring is 1. The number of hydrogen-bond acceptors (Lipinski definition) is 3. The minimum absolute atomic E-state index is 0.0512. The van der Waals surface area contributed by atoms with Crippen LogP contribution in [0.5, 0.6) is 0 Å². The SMILES string of the molecule is Nc1c(C#CCC=O)cc(Cl)cc1C(=O)O. The van der Waals surface area contributed by atoms with Gasteiger partial charge in [0.2, 0.25) is 0 Å². The summed E-state index contributed by atoms with van der Waals surface area (Å²) in [4.78, 5) is 20.9. The Bertz CT molecular complexity index is 500. The van der Waals surface area contributed by atoms with Crippen molar-refractivity contribution in [2.75, 3.05) is 5.73 Å². The van der Waals surface area contributed by atoms with Crippen molar-refractivity contribution in [3.63, 3.8) is 0 Å². The van der Waals surface area contributed by atoms with Crippen LogP contribution >= 0.6 is 11.6 Å². The third kappa shape index (κ3) is 2.75. The molecule has 0 saturated heterocycles. The van der Waals surface area contributed by atoms with Gasteiger partial charge in [0.1, 0.15) is 6.29 Å². The van der Waals surface area contributed by atoms with E-state index in [0.717, 1.165) is 0 Å². The standard InChI is InChI=1S/C11H8ClNO3/c12-8-5-7(3-1-2-4-14)10(13)9(6-8)11(15)16/h4-6H,2,13H2,(H,15,16). The van der Waals surface area contributed by atoms with Gasteiger partial charge in [-0.05, 0) is 12.1 Å². The van der Waals surface area contributed by atoms with Crippen LogP contribution in [0.3, 0.4) is 0 Å². The zero-order valence-corrected chi connectivity index (χ0v) is 8.91. The van der Waals surface area contributed by atoms with Crippen molar-refractivity contribution in [2.45, 2.75) is 6.42 Å². The number of hydrogen-bond donors (Lipinski definition) is 2. The molecule has 5 heteroatoms. The molecule has 1 rings (SSSR count). The van der Waals surface area contributed by atoms with Gasteiger partial charge in [-0.1, -0.05) is 23.4 Å². The Morgan fingerprint density at radius 1 is 1.56 bits per heavy atom. The van der Waals surface area contributed by atoms with Crippen molar-refractivity contribution in [3.05, 3.63) is 28.3 Å². The highest BCUT2D eigenvalue weighted by atomic mass is 35.5. The molecule has 0 aliphatic rings. The topological polar surface area (TPSA) is 80.4 Å². The molecular weight excluding hydrogens is 230 g/mol. The molecular formula is C11H8ClNO3. The fraction of sp³-hybridized carbons (Fsp3) is 0.0909. The Labute approximate surface area is 97.0 Å². The van der Waals surface area contributed by atoms with E-state index in [4.69, 9.17) is 22.4 Å². The zero-order chi connectivity index (χ0) is 12.1. The van der Waals surface area contributed by atoms with Gasteiger partial charge in [0.05, 0.1) is 17.7 Å². The molecule has 0 atom stereocenters. The van der Waals surface area contributed by atoms with Crippen molar-refractivity contribution in [2.24, 2.45) is 0 Å². The van der Waals surface area contributed by atoms with E-state index in [1.807, 2.05) is 0 Å². The second kappa shape index (κ2) is 5.19. The third-order valence-electron chi connectivity index (χ3n) is 1.78. The summed E-state index contributed by atoms with van der Waals surface area (Å²) in [5.41, 5.74) is 5.87. The summed E-state index contributed by atoms with van der Waals surface area (Å²) in [6, 6.07) is 2.71. The van der Waals surface area contributed by atoms with E-state index in [9.17, 15) is 9.59 Å². The molecule has 0 unspecified atom stereocenters. The second-order valence-electron chi connectivity index (χ2n) is 2.89. The molecule has 0 amide bonds. The maximum atomic E-state index is 10.8. The van der Waals surface area contributed by atoms with Crippen molar-refractivity contribution in [1.29, 1.82) is 0 Å². The number of aromatic carboxylic acids is 1. The van der Waals surface area contributed by atoms with Crippen LogP contribution < -0.4 is 5.73 Å². The van der Waals surface area contributed by atoms with Gasteiger partial charge in [0, 0.05) is 10.6 Å². The van der Waals surface area contributed by atoms with Crippen LogP contribution in [-0.2, 0) is 4.79 Å². The molecule has 1 aromatic carbocycles. The largest absolute Gasteiger partial charge is 0.478 e. The predicted molar refractivity (Wildman–Crippen MR) is 60.4 cm³/mol. The average molecular weight is 238 g/mol. The quantitative estimate of drug-likeness (QED) is 0.465. The first-order valence-corrected chi connectivity index (χ1v) is 4.69. The monoisotopic (exact) mass is 237 g/mol. The van der Waals surface area contributed by atoms with Gasteiger partial charge in [-0.15, -0.1) is 0 Å². The number of anilines is 1. The number of carboxylic acid groups (broad SMARTS) is 1. The molecule has 0 aliphatic heterocycles. The maximum absolute atomic E-state index is 10.8. The summed E-state index contributed by atoms with van der Waals surface area (Å²) in [5.74, 6) is 3.96. The molecule has 0 bridgehead atoms. The van der Waals surface area contributed by atoms with E-state index < -0.39 is 5.97 Å². The minimum atomic E-state index is -1.17. The molecule has 0 saturated carbocycles. The Kier molecular flexibility index (Phi) is 3.92. The maximum Gasteiger partial charge on any atom is 0.337 e. The fourth-order valence-corrected chi connectivity index (χ4v) is 1.30. The van der Waals surface area contributed by atoms with Gasteiger partial charge in [-0.2, -0.15) is 0 Å². The van der Waals surface area contributed by atoms with Crippen LogP contribution in [0.25, 0.3) is 0 Å². The summed E-state index contributed by atoms with van der Waals surface area (Å²) < 4.78 is 0. The third-order valence-corrected chi connectivity index (χ3v) is 2.00. The molecule has 0 radical (unpaired) electrons. The summed E-state index contributed by atoms with van der Waals surface area (Å²) in [6.07, 6.45) is 0.709. The highest BCUT2D eigenvalue weighted by molar-refractivity contribution is 6.31. The second-order valence-corrected chi connectivity index (χ2v) is 3.33. The Morgan fingerprint density at radius 2 is 2.25 bits per heavy atom. The van der Waals surface area contributed by atoms with Gasteiger partial charge in [0.25, 0.3) is 0 Å². The summed E-state index contributed by atoms with van der Waals surface area (Å²) in [6.45, 7) is 0. The molecule has 82 valence electrons. The molecule has 0 fully saturated rings. The lowest BCUT2D eigenvalue weighted by Gasteiger charge is -2.04. The van der Waals surface area contributed by atoms with Gasteiger partial charge < -0.3 is 15.6 Å². The highest BCUT2D eigenvalue weighted by Crippen LogP contribution is 2.22. The number of carbonyl (C=O) groups is 2. The van der Waals surface area contributed by atoms with E-state index in [0.29, 0.717) is 11.8 Å². The van der Waals surface area contributed by atoms with E-state index in [2.05, 4.69) is 11.8 Å².